The Morgan fingerprint density at radius 2 is 2.12 bits per heavy atom. The summed E-state index contributed by atoms with van der Waals surface area (Å²) >= 11 is 0. The Hall–Kier alpha value is -2.05. The normalized spacial score (nSPS) is 10.1. The quantitative estimate of drug-likeness (QED) is 0.624. The van der Waals surface area contributed by atoms with Crippen molar-refractivity contribution in [1.29, 1.82) is 0 Å². The molecule has 0 aliphatic rings. The van der Waals surface area contributed by atoms with Crippen molar-refractivity contribution in [2.45, 2.75) is 13.8 Å². The number of anilines is 1. The zero-order valence-corrected chi connectivity index (χ0v) is 9.28. The zero-order valence-electron chi connectivity index (χ0n) is 9.28. The Bertz CT molecular complexity index is 393. The van der Waals surface area contributed by atoms with Crippen LogP contribution in [0.25, 0.3) is 0 Å². The SMILES string of the molecule is CCN(CC(N)=O)C(=O)c1c(N)n[nH]c1C. The Labute approximate surface area is 92.8 Å². The van der Waals surface area contributed by atoms with E-state index in [1.807, 2.05) is 0 Å². The Morgan fingerprint density at radius 3 is 2.50 bits per heavy atom. The summed E-state index contributed by atoms with van der Waals surface area (Å²) in [6.07, 6.45) is 0. The van der Waals surface area contributed by atoms with Crippen molar-refractivity contribution in [2.24, 2.45) is 5.73 Å². The first-order valence-corrected chi connectivity index (χ1v) is 4.85. The molecular formula is C9H15N5O2. The molecule has 7 heteroatoms. The average molecular weight is 225 g/mol. The second-order valence-electron chi connectivity index (χ2n) is 3.39. The Morgan fingerprint density at radius 1 is 1.50 bits per heavy atom. The summed E-state index contributed by atoms with van der Waals surface area (Å²) in [7, 11) is 0. The maximum absolute atomic E-state index is 12.0. The van der Waals surface area contributed by atoms with Crippen LogP contribution in [0.2, 0.25) is 0 Å². The first kappa shape index (κ1) is 12.0. The van der Waals surface area contributed by atoms with E-state index < -0.39 is 5.91 Å². The van der Waals surface area contributed by atoms with E-state index in [1.54, 1.807) is 13.8 Å². The largest absolute Gasteiger partial charge is 0.382 e. The number of primary amides is 1. The summed E-state index contributed by atoms with van der Waals surface area (Å²) in [6, 6.07) is 0. The molecule has 0 radical (unpaired) electrons. The third-order valence-electron chi connectivity index (χ3n) is 2.20. The van der Waals surface area contributed by atoms with Gasteiger partial charge < -0.3 is 16.4 Å². The third kappa shape index (κ3) is 2.30. The molecule has 1 rings (SSSR count). The monoisotopic (exact) mass is 225 g/mol. The van der Waals surface area contributed by atoms with Crippen LogP contribution in [0, 0.1) is 6.92 Å². The van der Waals surface area contributed by atoms with Crippen molar-refractivity contribution in [3.63, 3.8) is 0 Å². The summed E-state index contributed by atoms with van der Waals surface area (Å²) in [6.45, 7) is 3.70. The zero-order chi connectivity index (χ0) is 12.3. The van der Waals surface area contributed by atoms with E-state index in [0.29, 0.717) is 17.8 Å². The number of hydrogen-bond acceptors (Lipinski definition) is 4. The van der Waals surface area contributed by atoms with Gasteiger partial charge in [-0.2, -0.15) is 5.10 Å². The number of carbonyl (C=O) groups excluding carboxylic acids is 2. The van der Waals surface area contributed by atoms with Gasteiger partial charge in [0.15, 0.2) is 5.82 Å². The van der Waals surface area contributed by atoms with Crippen LogP contribution in [-0.2, 0) is 4.79 Å². The van der Waals surface area contributed by atoms with Crippen LogP contribution in [-0.4, -0.2) is 40.0 Å². The third-order valence-corrected chi connectivity index (χ3v) is 2.20. The van der Waals surface area contributed by atoms with Crippen LogP contribution in [0.4, 0.5) is 5.82 Å². The highest BCUT2D eigenvalue weighted by molar-refractivity contribution is 6.00. The van der Waals surface area contributed by atoms with Crippen LogP contribution in [0.5, 0.6) is 0 Å². The molecule has 16 heavy (non-hydrogen) atoms. The van der Waals surface area contributed by atoms with Crippen LogP contribution in [0.3, 0.4) is 0 Å². The number of rotatable bonds is 4. The lowest BCUT2D eigenvalue weighted by Crippen LogP contribution is -2.38. The van der Waals surface area contributed by atoms with Crippen LogP contribution >= 0.6 is 0 Å². The number of carbonyl (C=O) groups is 2. The van der Waals surface area contributed by atoms with Crippen molar-refractivity contribution in [3.05, 3.63) is 11.3 Å². The number of H-pyrrole nitrogens is 1. The van der Waals surface area contributed by atoms with Gasteiger partial charge in [-0.25, -0.2) is 0 Å². The van der Waals surface area contributed by atoms with Gasteiger partial charge in [0.05, 0.1) is 6.54 Å². The number of nitrogen functional groups attached to an aromatic ring is 1. The highest BCUT2D eigenvalue weighted by Gasteiger charge is 2.22. The molecule has 0 atom stereocenters. The van der Waals surface area contributed by atoms with Gasteiger partial charge in [-0.1, -0.05) is 0 Å². The molecule has 0 aliphatic carbocycles. The average Bonchev–Trinajstić information content (AvgIpc) is 2.54. The minimum absolute atomic E-state index is 0.126. The molecule has 88 valence electrons. The Kier molecular flexibility index (Phi) is 3.49. The molecule has 0 saturated carbocycles. The minimum atomic E-state index is -0.560. The molecule has 7 nitrogen and oxygen atoms in total. The van der Waals surface area contributed by atoms with Crippen molar-refractivity contribution in [1.82, 2.24) is 15.1 Å². The maximum Gasteiger partial charge on any atom is 0.259 e. The van der Waals surface area contributed by atoms with Gasteiger partial charge in [-0.05, 0) is 13.8 Å². The lowest BCUT2D eigenvalue weighted by atomic mass is 10.2. The van der Waals surface area contributed by atoms with Crippen LogP contribution in [0.1, 0.15) is 23.0 Å². The van der Waals surface area contributed by atoms with Crippen LogP contribution < -0.4 is 11.5 Å². The fourth-order valence-electron chi connectivity index (χ4n) is 1.39. The number of nitrogens with zero attached hydrogens (tertiary/aromatic N) is 2. The molecule has 0 aliphatic heterocycles. The predicted molar refractivity (Wildman–Crippen MR) is 58.5 cm³/mol. The van der Waals surface area contributed by atoms with E-state index in [0.717, 1.165) is 0 Å². The smallest absolute Gasteiger partial charge is 0.259 e. The fraction of sp³-hybridized carbons (Fsp3) is 0.444. The predicted octanol–water partition coefficient (Wildman–Crippen LogP) is -0.752. The maximum atomic E-state index is 12.0. The molecular weight excluding hydrogens is 210 g/mol. The van der Waals surface area contributed by atoms with Crippen molar-refractivity contribution in [3.8, 4) is 0 Å². The Balaban J connectivity index is 2.95. The number of aromatic nitrogens is 2. The number of nitrogens with two attached hydrogens (primary N) is 2. The van der Waals surface area contributed by atoms with E-state index in [9.17, 15) is 9.59 Å². The highest BCUT2D eigenvalue weighted by Crippen LogP contribution is 2.14. The van der Waals surface area contributed by atoms with Crippen molar-refractivity contribution in [2.75, 3.05) is 18.8 Å². The molecule has 0 fully saturated rings. The summed E-state index contributed by atoms with van der Waals surface area (Å²) in [5.74, 6) is -0.773. The van der Waals surface area contributed by atoms with E-state index in [2.05, 4.69) is 10.2 Å². The molecule has 0 bridgehead atoms. The molecule has 1 aromatic rings. The fourth-order valence-corrected chi connectivity index (χ4v) is 1.39. The van der Waals surface area contributed by atoms with Gasteiger partial charge in [-0.3, -0.25) is 14.7 Å². The van der Waals surface area contributed by atoms with Gasteiger partial charge in [0.1, 0.15) is 5.56 Å². The van der Waals surface area contributed by atoms with E-state index in [1.165, 1.54) is 4.90 Å². The van der Waals surface area contributed by atoms with E-state index in [-0.39, 0.29) is 18.3 Å². The highest BCUT2D eigenvalue weighted by atomic mass is 16.2. The van der Waals surface area contributed by atoms with E-state index >= 15 is 0 Å². The number of likely N-dealkylation sites (N-methyl/N-ethyl adjacent to an activating group) is 1. The number of nitrogens with one attached hydrogen (secondary N) is 1. The molecule has 1 heterocycles. The minimum Gasteiger partial charge on any atom is -0.382 e. The van der Waals surface area contributed by atoms with E-state index in [4.69, 9.17) is 11.5 Å². The number of aromatic amines is 1. The number of hydrogen-bond donors (Lipinski definition) is 3. The molecule has 0 saturated heterocycles. The van der Waals surface area contributed by atoms with Gasteiger partial charge >= 0.3 is 0 Å². The first-order chi connectivity index (χ1) is 7.47. The summed E-state index contributed by atoms with van der Waals surface area (Å²) in [4.78, 5) is 24.1. The molecule has 1 aromatic heterocycles. The van der Waals surface area contributed by atoms with Crippen LogP contribution in [0.15, 0.2) is 0 Å². The molecule has 5 N–H and O–H groups in total. The second-order valence-corrected chi connectivity index (χ2v) is 3.39. The summed E-state index contributed by atoms with van der Waals surface area (Å²) in [5, 5.41) is 6.33. The van der Waals surface area contributed by atoms with Gasteiger partial charge in [-0.15, -0.1) is 0 Å². The molecule has 0 aromatic carbocycles. The number of aryl methyl sites for hydroxylation is 1. The van der Waals surface area contributed by atoms with Gasteiger partial charge in [0.25, 0.3) is 5.91 Å². The molecule has 0 spiro atoms. The lowest BCUT2D eigenvalue weighted by molar-refractivity contribution is -0.118. The van der Waals surface area contributed by atoms with Gasteiger partial charge in [0, 0.05) is 12.2 Å². The van der Waals surface area contributed by atoms with Crippen molar-refractivity contribution >= 4 is 17.6 Å². The summed E-state index contributed by atoms with van der Waals surface area (Å²) < 4.78 is 0. The second kappa shape index (κ2) is 4.65. The first-order valence-electron chi connectivity index (χ1n) is 4.85. The lowest BCUT2D eigenvalue weighted by Gasteiger charge is -2.18. The van der Waals surface area contributed by atoms with Crippen molar-refractivity contribution < 1.29 is 9.59 Å². The number of amides is 2. The summed E-state index contributed by atoms with van der Waals surface area (Å²) in [5.41, 5.74) is 11.5. The topological polar surface area (TPSA) is 118 Å². The van der Waals surface area contributed by atoms with Gasteiger partial charge in [0.2, 0.25) is 5.91 Å². The molecule has 0 unspecified atom stereocenters. The molecule has 2 amide bonds. The standard InChI is InChI=1S/C9H15N5O2/c1-3-14(4-6(10)15)9(16)7-5(2)12-13-8(7)11/h3-4H2,1-2H3,(H2,10,15)(H3,11,12,13).